The highest BCUT2D eigenvalue weighted by atomic mass is 16.8. The molecule has 2 fully saturated rings. The Kier molecular flexibility index (Phi) is 7.84. The van der Waals surface area contributed by atoms with Crippen molar-refractivity contribution >= 4 is 24.1 Å². The van der Waals surface area contributed by atoms with Crippen molar-refractivity contribution in [1.82, 2.24) is 9.80 Å². The summed E-state index contributed by atoms with van der Waals surface area (Å²) in [7, 11) is 3.22. The molecule has 1 unspecified atom stereocenters. The van der Waals surface area contributed by atoms with E-state index in [0.29, 0.717) is 37.4 Å². The fraction of sp³-hybridized carbons (Fsp3) is 0.524. The van der Waals surface area contributed by atoms with E-state index in [0.717, 1.165) is 0 Å². The molecule has 10 nitrogen and oxygen atoms in total. The number of rotatable bonds is 8. The van der Waals surface area contributed by atoms with Crippen molar-refractivity contribution < 1.29 is 38.1 Å². The fourth-order valence-electron chi connectivity index (χ4n) is 2.80. The lowest BCUT2D eigenvalue weighted by Crippen LogP contribution is -2.28. The van der Waals surface area contributed by atoms with Gasteiger partial charge in [-0.2, -0.15) is 0 Å². The standard InChI is InChI=1S/C21H28N2O8/c1-14-15(29-19(26)28-14)8-6-12-22(4)17(24)10-11-18(25)23(5)13-7-9-16-21(2,3)31-20(27)30-16/h8-11,14H,6-7,12-13H2,1-5H3/b11-10+,15-8+,16-9+. The molecule has 0 spiro atoms. The van der Waals surface area contributed by atoms with Gasteiger partial charge in [0.25, 0.3) is 0 Å². The van der Waals surface area contributed by atoms with Crippen LogP contribution in [0.1, 0.15) is 33.6 Å². The smallest absolute Gasteiger partial charge is 0.423 e. The van der Waals surface area contributed by atoms with Crippen molar-refractivity contribution in [3.8, 4) is 0 Å². The van der Waals surface area contributed by atoms with Gasteiger partial charge >= 0.3 is 12.3 Å². The Hall–Kier alpha value is -3.30. The number of likely N-dealkylation sites (N-methyl/N-ethyl adjacent to an activating group) is 2. The molecule has 0 saturated carbocycles. The number of nitrogens with zero attached hydrogens (tertiary/aromatic N) is 2. The lowest BCUT2D eigenvalue weighted by atomic mass is 10.1. The molecule has 0 aromatic heterocycles. The molecule has 10 heteroatoms. The predicted octanol–water partition coefficient (Wildman–Crippen LogP) is 2.51. The normalized spacial score (nSPS) is 22.3. The van der Waals surface area contributed by atoms with E-state index in [1.54, 1.807) is 47.0 Å². The van der Waals surface area contributed by atoms with Crippen LogP contribution in [0.4, 0.5) is 9.59 Å². The van der Waals surface area contributed by atoms with Crippen molar-refractivity contribution in [3.63, 3.8) is 0 Å². The largest absolute Gasteiger partial charge is 0.514 e. The Balaban J connectivity index is 1.75. The van der Waals surface area contributed by atoms with E-state index in [-0.39, 0.29) is 11.8 Å². The maximum atomic E-state index is 12.2. The average molecular weight is 436 g/mol. The third kappa shape index (κ3) is 6.87. The molecule has 2 amide bonds. The Morgan fingerprint density at radius 3 is 1.94 bits per heavy atom. The Bertz CT molecular complexity index is 827. The maximum absolute atomic E-state index is 12.2. The summed E-state index contributed by atoms with van der Waals surface area (Å²) in [6, 6.07) is 0. The van der Waals surface area contributed by atoms with E-state index in [2.05, 4.69) is 0 Å². The molecule has 2 aliphatic rings. The number of hydrogen-bond acceptors (Lipinski definition) is 8. The van der Waals surface area contributed by atoms with Gasteiger partial charge in [-0.25, -0.2) is 9.59 Å². The second-order valence-electron chi connectivity index (χ2n) is 7.68. The van der Waals surface area contributed by atoms with Gasteiger partial charge in [0.1, 0.15) is 5.76 Å². The summed E-state index contributed by atoms with van der Waals surface area (Å²) in [5, 5.41) is 0. The van der Waals surface area contributed by atoms with Gasteiger partial charge < -0.3 is 28.7 Å². The summed E-state index contributed by atoms with van der Waals surface area (Å²) in [4.78, 5) is 49.5. The topological polar surface area (TPSA) is 112 Å². The number of carbonyl (C=O) groups is 4. The van der Waals surface area contributed by atoms with Crippen LogP contribution >= 0.6 is 0 Å². The Labute approximate surface area is 181 Å². The minimum atomic E-state index is -0.822. The molecule has 2 aliphatic heterocycles. The van der Waals surface area contributed by atoms with Gasteiger partial charge in [-0.15, -0.1) is 0 Å². The van der Waals surface area contributed by atoms with Crippen LogP contribution in [0.2, 0.25) is 0 Å². The summed E-state index contributed by atoms with van der Waals surface area (Å²) in [5.74, 6) is 0.182. The highest BCUT2D eigenvalue weighted by Gasteiger charge is 2.38. The van der Waals surface area contributed by atoms with Crippen molar-refractivity contribution in [2.75, 3.05) is 27.2 Å². The van der Waals surface area contributed by atoms with E-state index >= 15 is 0 Å². The summed E-state index contributed by atoms with van der Waals surface area (Å²) in [5.41, 5.74) is -0.822. The second kappa shape index (κ2) is 10.1. The third-order valence-electron chi connectivity index (χ3n) is 4.73. The molecule has 0 aromatic carbocycles. The molecule has 0 aromatic rings. The number of carbonyl (C=O) groups excluding carboxylic acids is 4. The molecule has 0 aliphatic carbocycles. The highest BCUT2D eigenvalue weighted by Crippen LogP contribution is 2.30. The first kappa shape index (κ1) is 24.0. The molecular formula is C21H28N2O8. The van der Waals surface area contributed by atoms with Crippen LogP contribution in [-0.2, 0) is 28.5 Å². The van der Waals surface area contributed by atoms with Gasteiger partial charge in [0.15, 0.2) is 17.5 Å². The van der Waals surface area contributed by atoms with Crippen molar-refractivity contribution in [1.29, 1.82) is 0 Å². The van der Waals surface area contributed by atoms with Crippen LogP contribution in [0, 0.1) is 0 Å². The van der Waals surface area contributed by atoms with Crippen LogP contribution in [0.5, 0.6) is 0 Å². The van der Waals surface area contributed by atoms with Gasteiger partial charge in [-0.05, 0) is 45.8 Å². The van der Waals surface area contributed by atoms with Crippen LogP contribution in [-0.4, -0.2) is 72.8 Å². The van der Waals surface area contributed by atoms with E-state index in [4.69, 9.17) is 18.9 Å². The summed E-state index contributed by atoms with van der Waals surface area (Å²) in [6.07, 6.45) is 4.85. The molecule has 1 atom stereocenters. The third-order valence-corrected chi connectivity index (χ3v) is 4.73. The molecule has 2 saturated heterocycles. The van der Waals surface area contributed by atoms with Crippen LogP contribution < -0.4 is 0 Å². The van der Waals surface area contributed by atoms with E-state index in [1.807, 2.05) is 0 Å². The van der Waals surface area contributed by atoms with Gasteiger partial charge in [0.2, 0.25) is 11.8 Å². The Morgan fingerprint density at radius 2 is 1.48 bits per heavy atom. The molecule has 2 heterocycles. The van der Waals surface area contributed by atoms with Crippen molar-refractivity contribution in [2.45, 2.75) is 45.3 Å². The van der Waals surface area contributed by atoms with Crippen LogP contribution in [0.25, 0.3) is 0 Å². The minimum absolute atomic E-state index is 0.327. The van der Waals surface area contributed by atoms with Gasteiger partial charge in [-0.3, -0.25) is 9.59 Å². The zero-order chi connectivity index (χ0) is 23.2. The van der Waals surface area contributed by atoms with Crippen LogP contribution in [0.15, 0.2) is 35.8 Å². The van der Waals surface area contributed by atoms with Crippen molar-refractivity contribution in [2.24, 2.45) is 0 Å². The first-order chi connectivity index (χ1) is 14.5. The molecular weight excluding hydrogens is 408 g/mol. The molecule has 2 rings (SSSR count). The fourth-order valence-corrected chi connectivity index (χ4v) is 2.80. The van der Waals surface area contributed by atoms with E-state index in [9.17, 15) is 19.2 Å². The number of ether oxygens (including phenoxy) is 4. The van der Waals surface area contributed by atoms with Gasteiger partial charge in [0.05, 0.1) is 0 Å². The minimum Gasteiger partial charge on any atom is -0.423 e. The number of amides is 2. The van der Waals surface area contributed by atoms with E-state index in [1.165, 1.54) is 22.0 Å². The molecule has 0 bridgehead atoms. The summed E-state index contributed by atoms with van der Waals surface area (Å²) in [6.45, 7) is 5.88. The summed E-state index contributed by atoms with van der Waals surface area (Å²) >= 11 is 0. The second-order valence-corrected chi connectivity index (χ2v) is 7.68. The zero-order valence-electron chi connectivity index (χ0n) is 18.4. The highest BCUT2D eigenvalue weighted by molar-refractivity contribution is 5.96. The Morgan fingerprint density at radius 1 is 0.935 bits per heavy atom. The summed E-state index contributed by atoms with van der Waals surface area (Å²) < 4.78 is 19.8. The first-order valence-electron chi connectivity index (χ1n) is 9.88. The van der Waals surface area contributed by atoms with Gasteiger partial charge in [-0.1, -0.05) is 0 Å². The SMILES string of the molecule is CC1OC(=O)O/C1=C/CCN(C)C(=O)/C=C/C(=O)N(C)CC/C=C1/OC(=O)OC1(C)C. The molecule has 0 radical (unpaired) electrons. The number of cyclic esters (lactones) is 4. The van der Waals surface area contributed by atoms with Gasteiger partial charge in [0, 0.05) is 39.3 Å². The lowest BCUT2D eigenvalue weighted by Gasteiger charge is -2.16. The quantitative estimate of drug-likeness (QED) is 0.421. The lowest BCUT2D eigenvalue weighted by molar-refractivity contribution is -0.127. The number of hydrogen-bond donors (Lipinski definition) is 0. The van der Waals surface area contributed by atoms with Crippen molar-refractivity contribution in [3.05, 3.63) is 35.8 Å². The van der Waals surface area contributed by atoms with E-state index < -0.39 is 24.0 Å². The first-order valence-corrected chi connectivity index (χ1v) is 9.88. The van der Waals surface area contributed by atoms with Crippen LogP contribution in [0.3, 0.4) is 0 Å². The maximum Gasteiger partial charge on any atom is 0.514 e. The monoisotopic (exact) mass is 436 g/mol. The molecule has 0 N–H and O–H groups in total. The average Bonchev–Trinajstić information content (AvgIpc) is 3.14. The molecule has 31 heavy (non-hydrogen) atoms. The predicted molar refractivity (Wildman–Crippen MR) is 108 cm³/mol. The zero-order valence-corrected chi connectivity index (χ0v) is 18.4. The molecule has 170 valence electrons.